The second-order valence-electron chi connectivity index (χ2n) is 3.50. The lowest BCUT2D eigenvalue weighted by Crippen LogP contribution is -1.89. The van der Waals surface area contributed by atoms with Crippen molar-refractivity contribution in [3.05, 3.63) is 46.9 Å². The van der Waals surface area contributed by atoms with E-state index in [0.29, 0.717) is 5.69 Å². The number of hydrogen-bond donors (Lipinski definition) is 1. The summed E-state index contributed by atoms with van der Waals surface area (Å²) in [5, 5.41) is 0. The van der Waals surface area contributed by atoms with Crippen LogP contribution in [0.25, 0.3) is 0 Å². The summed E-state index contributed by atoms with van der Waals surface area (Å²) in [7, 11) is 1.64. The van der Waals surface area contributed by atoms with Gasteiger partial charge in [0.1, 0.15) is 5.75 Å². The number of ether oxygens (including phenoxy) is 1. The van der Waals surface area contributed by atoms with Gasteiger partial charge in [-0.05, 0) is 30.3 Å². The molecule has 2 nitrogen and oxygen atoms in total. The molecule has 0 aromatic heterocycles. The van der Waals surface area contributed by atoms with E-state index >= 15 is 0 Å². The fourth-order valence-corrected chi connectivity index (χ4v) is 2.96. The van der Waals surface area contributed by atoms with Crippen LogP contribution in [0.2, 0.25) is 0 Å². The second kappa shape index (κ2) is 5.47. The smallest absolute Gasteiger partial charge is 0.122 e. The molecule has 0 aliphatic heterocycles. The Labute approximate surface area is 113 Å². The van der Waals surface area contributed by atoms with Gasteiger partial charge in [-0.15, -0.1) is 0 Å². The lowest BCUT2D eigenvalue weighted by Gasteiger charge is -2.06. The van der Waals surface area contributed by atoms with Crippen LogP contribution in [0, 0.1) is 0 Å². The van der Waals surface area contributed by atoms with E-state index in [2.05, 4.69) is 28.1 Å². The minimum atomic E-state index is 0.710. The quantitative estimate of drug-likeness (QED) is 0.863. The van der Waals surface area contributed by atoms with Crippen LogP contribution in [0.5, 0.6) is 5.75 Å². The number of anilines is 1. The molecule has 0 saturated carbocycles. The van der Waals surface area contributed by atoms with Crippen molar-refractivity contribution in [3.63, 3.8) is 0 Å². The number of halogens is 1. The van der Waals surface area contributed by atoms with Gasteiger partial charge in [-0.1, -0.05) is 33.8 Å². The maximum atomic E-state index is 5.82. The van der Waals surface area contributed by atoms with Crippen molar-refractivity contribution in [1.82, 2.24) is 0 Å². The van der Waals surface area contributed by atoms with E-state index in [1.807, 2.05) is 30.3 Å². The Balaban J connectivity index is 2.26. The minimum absolute atomic E-state index is 0.710. The Kier molecular flexibility index (Phi) is 3.97. The van der Waals surface area contributed by atoms with Gasteiger partial charge in [-0.2, -0.15) is 0 Å². The number of nitrogens with two attached hydrogens (primary N) is 1. The highest BCUT2D eigenvalue weighted by Crippen LogP contribution is 2.33. The molecule has 0 saturated heterocycles. The van der Waals surface area contributed by atoms with Gasteiger partial charge in [0.15, 0.2) is 0 Å². The van der Waals surface area contributed by atoms with Gasteiger partial charge in [0.2, 0.25) is 0 Å². The number of hydrogen-bond acceptors (Lipinski definition) is 3. The van der Waals surface area contributed by atoms with E-state index in [-0.39, 0.29) is 0 Å². The average Bonchev–Trinajstić information content (AvgIpc) is 2.28. The third-order valence-corrected chi connectivity index (χ3v) is 3.62. The number of benzene rings is 2. The molecule has 2 aromatic carbocycles. The van der Waals surface area contributed by atoms with Crippen molar-refractivity contribution in [2.45, 2.75) is 9.79 Å². The third-order valence-electron chi connectivity index (χ3n) is 2.17. The maximum absolute atomic E-state index is 5.82. The summed E-state index contributed by atoms with van der Waals surface area (Å²) in [6.45, 7) is 0. The molecule has 0 aliphatic carbocycles. The summed E-state index contributed by atoms with van der Waals surface area (Å²) >= 11 is 5.11. The number of nitrogen functional groups attached to an aromatic ring is 1. The van der Waals surface area contributed by atoms with E-state index in [1.165, 1.54) is 0 Å². The van der Waals surface area contributed by atoms with Crippen LogP contribution < -0.4 is 10.5 Å². The summed E-state index contributed by atoms with van der Waals surface area (Å²) < 4.78 is 6.26. The molecule has 0 fully saturated rings. The largest absolute Gasteiger partial charge is 0.497 e. The molecule has 2 N–H and O–H groups in total. The molecule has 0 bridgehead atoms. The molecule has 0 atom stereocenters. The predicted molar refractivity (Wildman–Crippen MR) is 75.7 cm³/mol. The van der Waals surface area contributed by atoms with Crippen LogP contribution in [0.15, 0.2) is 56.7 Å². The molecule has 0 radical (unpaired) electrons. The first-order valence-electron chi connectivity index (χ1n) is 5.05. The molecule has 0 amide bonds. The summed E-state index contributed by atoms with van der Waals surface area (Å²) in [6, 6.07) is 13.9. The molecule has 2 rings (SSSR count). The molecule has 0 spiro atoms. The molecule has 0 heterocycles. The highest BCUT2D eigenvalue weighted by molar-refractivity contribution is 9.10. The first-order chi connectivity index (χ1) is 8.17. The van der Waals surface area contributed by atoms with Gasteiger partial charge in [0.25, 0.3) is 0 Å². The molecule has 2 aromatic rings. The summed E-state index contributed by atoms with van der Waals surface area (Å²) in [6.07, 6.45) is 0. The SMILES string of the molecule is COc1cc(N)cc(Sc2cccc(Br)c2)c1. The van der Waals surface area contributed by atoms with Crippen molar-refractivity contribution in [2.24, 2.45) is 0 Å². The van der Waals surface area contributed by atoms with Crippen molar-refractivity contribution < 1.29 is 4.74 Å². The highest BCUT2D eigenvalue weighted by Gasteiger charge is 2.02. The van der Waals surface area contributed by atoms with Crippen LogP contribution in [0.3, 0.4) is 0 Å². The fourth-order valence-electron chi connectivity index (χ4n) is 1.44. The summed E-state index contributed by atoms with van der Waals surface area (Å²) in [5.41, 5.74) is 6.53. The number of methoxy groups -OCH3 is 1. The van der Waals surface area contributed by atoms with Crippen molar-refractivity contribution in [2.75, 3.05) is 12.8 Å². The molecule has 0 unspecified atom stereocenters. The lowest BCUT2D eigenvalue weighted by atomic mass is 10.3. The van der Waals surface area contributed by atoms with E-state index in [9.17, 15) is 0 Å². The van der Waals surface area contributed by atoms with E-state index in [0.717, 1.165) is 20.0 Å². The van der Waals surface area contributed by atoms with Crippen LogP contribution in [-0.4, -0.2) is 7.11 Å². The third kappa shape index (κ3) is 3.41. The monoisotopic (exact) mass is 309 g/mol. The lowest BCUT2D eigenvalue weighted by molar-refractivity contribution is 0.414. The van der Waals surface area contributed by atoms with Crippen LogP contribution in [-0.2, 0) is 0 Å². The molecular formula is C13H12BrNOS. The Morgan fingerprint density at radius 2 is 1.94 bits per heavy atom. The summed E-state index contributed by atoms with van der Waals surface area (Å²) in [4.78, 5) is 2.23. The van der Waals surface area contributed by atoms with Gasteiger partial charge < -0.3 is 10.5 Å². The van der Waals surface area contributed by atoms with E-state index < -0.39 is 0 Å². The Hall–Kier alpha value is -1.13. The predicted octanol–water partition coefficient (Wildman–Crippen LogP) is 4.19. The van der Waals surface area contributed by atoms with Gasteiger partial charge in [-0.25, -0.2) is 0 Å². The highest BCUT2D eigenvalue weighted by atomic mass is 79.9. The Bertz CT molecular complexity index is 531. The normalized spacial score (nSPS) is 10.2. The molecule has 88 valence electrons. The topological polar surface area (TPSA) is 35.2 Å². The van der Waals surface area contributed by atoms with E-state index in [4.69, 9.17) is 10.5 Å². The number of rotatable bonds is 3. The zero-order valence-corrected chi connectivity index (χ0v) is 11.7. The van der Waals surface area contributed by atoms with Crippen molar-refractivity contribution >= 4 is 33.4 Å². The van der Waals surface area contributed by atoms with Gasteiger partial charge in [0.05, 0.1) is 7.11 Å². The first kappa shape index (κ1) is 12.3. The van der Waals surface area contributed by atoms with Crippen molar-refractivity contribution in [3.8, 4) is 5.75 Å². The van der Waals surface area contributed by atoms with Gasteiger partial charge in [-0.3, -0.25) is 0 Å². The summed E-state index contributed by atoms with van der Waals surface area (Å²) in [5.74, 6) is 0.780. The van der Waals surface area contributed by atoms with Gasteiger partial charge in [0, 0.05) is 26.0 Å². The maximum Gasteiger partial charge on any atom is 0.122 e. The van der Waals surface area contributed by atoms with Gasteiger partial charge >= 0.3 is 0 Å². The Morgan fingerprint density at radius 3 is 2.65 bits per heavy atom. The Morgan fingerprint density at radius 1 is 1.12 bits per heavy atom. The second-order valence-corrected chi connectivity index (χ2v) is 5.56. The standard InChI is InChI=1S/C13H12BrNOS/c1-16-11-6-10(15)7-13(8-11)17-12-4-2-3-9(14)5-12/h2-8H,15H2,1H3. The zero-order valence-electron chi connectivity index (χ0n) is 9.31. The first-order valence-corrected chi connectivity index (χ1v) is 6.66. The molecule has 0 aliphatic rings. The molecule has 4 heteroatoms. The van der Waals surface area contributed by atoms with Crippen LogP contribution in [0.1, 0.15) is 0 Å². The van der Waals surface area contributed by atoms with Crippen LogP contribution in [0.4, 0.5) is 5.69 Å². The average molecular weight is 310 g/mol. The van der Waals surface area contributed by atoms with E-state index in [1.54, 1.807) is 18.9 Å². The van der Waals surface area contributed by atoms with Crippen LogP contribution >= 0.6 is 27.7 Å². The van der Waals surface area contributed by atoms with Crippen molar-refractivity contribution in [1.29, 1.82) is 0 Å². The fraction of sp³-hybridized carbons (Fsp3) is 0.0769. The zero-order chi connectivity index (χ0) is 12.3. The molecular weight excluding hydrogens is 298 g/mol. The minimum Gasteiger partial charge on any atom is -0.497 e. The molecule has 17 heavy (non-hydrogen) atoms.